The van der Waals surface area contributed by atoms with Crippen LogP contribution in [0, 0.1) is 0 Å². The molecule has 0 spiro atoms. The van der Waals surface area contributed by atoms with Gasteiger partial charge < -0.3 is 5.11 Å². The first-order chi connectivity index (χ1) is 9.91. The maximum absolute atomic E-state index is 12.7. The molecule has 0 heterocycles. The van der Waals surface area contributed by atoms with Crippen molar-refractivity contribution in [2.24, 2.45) is 0 Å². The lowest BCUT2D eigenvalue weighted by molar-refractivity contribution is -0.137. The summed E-state index contributed by atoms with van der Waals surface area (Å²) in [5.74, 6) is -1.14. The standard InChI is InChI=1S/C14H18ClNO4S/c15-11-6-8-13(9-7-11)21(19,20)16(10-14(17)18)12-4-2-1-3-5-12/h6-9,12H,1-5,10H2,(H,17,18). The van der Waals surface area contributed by atoms with Gasteiger partial charge in [0.1, 0.15) is 6.54 Å². The van der Waals surface area contributed by atoms with Crippen LogP contribution in [0.1, 0.15) is 32.1 Å². The topological polar surface area (TPSA) is 74.7 Å². The molecule has 0 radical (unpaired) electrons. The van der Waals surface area contributed by atoms with Crippen LogP contribution in [0.5, 0.6) is 0 Å². The van der Waals surface area contributed by atoms with Gasteiger partial charge in [0, 0.05) is 11.1 Å². The van der Waals surface area contributed by atoms with Crippen molar-refractivity contribution in [3.05, 3.63) is 29.3 Å². The fourth-order valence-electron chi connectivity index (χ4n) is 2.65. The van der Waals surface area contributed by atoms with Crippen LogP contribution in [-0.4, -0.2) is 36.4 Å². The van der Waals surface area contributed by atoms with E-state index in [0.29, 0.717) is 17.9 Å². The first kappa shape index (κ1) is 16.3. The Bertz CT molecular complexity index is 594. The van der Waals surface area contributed by atoms with Gasteiger partial charge in [-0.2, -0.15) is 4.31 Å². The van der Waals surface area contributed by atoms with Gasteiger partial charge in [-0.15, -0.1) is 0 Å². The number of carboxylic acids is 1. The maximum atomic E-state index is 12.7. The van der Waals surface area contributed by atoms with E-state index in [4.69, 9.17) is 16.7 Å². The fourth-order valence-corrected chi connectivity index (χ4v) is 4.42. The van der Waals surface area contributed by atoms with Crippen LogP contribution in [-0.2, 0) is 14.8 Å². The molecule has 1 aliphatic carbocycles. The molecule has 0 amide bonds. The molecule has 116 valence electrons. The molecular formula is C14H18ClNO4S. The van der Waals surface area contributed by atoms with Crippen LogP contribution in [0.25, 0.3) is 0 Å². The maximum Gasteiger partial charge on any atom is 0.318 e. The molecule has 2 rings (SSSR count). The summed E-state index contributed by atoms with van der Waals surface area (Å²) >= 11 is 5.77. The number of halogens is 1. The summed E-state index contributed by atoms with van der Waals surface area (Å²) < 4.78 is 26.5. The van der Waals surface area contributed by atoms with E-state index in [1.54, 1.807) is 0 Å². The predicted octanol–water partition coefficient (Wildman–Crippen LogP) is 2.75. The highest BCUT2D eigenvalue weighted by Gasteiger charge is 2.33. The van der Waals surface area contributed by atoms with E-state index in [-0.39, 0.29) is 10.9 Å². The van der Waals surface area contributed by atoms with E-state index in [0.717, 1.165) is 23.6 Å². The number of hydrogen-bond acceptors (Lipinski definition) is 3. The van der Waals surface area contributed by atoms with Gasteiger partial charge in [-0.1, -0.05) is 30.9 Å². The summed E-state index contributed by atoms with van der Waals surface area (Å²) in [6.07, 6.45) is 4.34. The molecule has 1 saturated carbocycles. The van der Waals surface area contributed by atoms with Crippen LogP contribution in [0.4, 0.5) is 0 Å². The average molecular weight is 332 g/mol. The SMILES string of the molecule is O=C(O)CN(C1CCCCC1)S(=O)(=O)c1ccc(Cl)cc1. The van der Waals surface area contributed by atoms with Gasteiger partial charge in [0.15, 0.2) is 0 Å². The Balaban J connectivity index is 2.33. The lowest BCUT2D eigenvalue weighted by Crippen LogP contribution is -2.44. The van der Waals surface area contributed by atoms with Crippen molar-refractivity contribution in [1.82, 2.24) is 4.31 Å². The molecular weight excluding hydrogens is 314 g/mol. The molecule has 0 aromatic heterocycles. The Morgan fingerprint density at radius 1 is 1.19 bits per heavy atom. The van der Waals surface area contributed by atoms with Crippen molar-refractivity contribution >= 4 is 27.6 Å². The number of carbonyl (C=O) groups is 1. The molecule has 0 saturated heterocycles. The number of rotatable bonds is 5. The van der Waals surface area contributed by atoms with Crippen LogP contribution in [0.3, 0.4) is 0 Å². The molecule has 0 unspecified atom stereocenters. The van der Waals surface area contributed by atoms with Crippen molar-refractivity contribution in [3.8, 4) is 0 Å². The Labute approximate surface area is 129 Å². The second kappa shape index (κ2) is 6.77. The van der Waals surface area contributed by atoms with E-state index in [1.165, 1.54) is 24.3 Å². The first-order valence-electron chi connectivity index (χ1n) is 6.90. The molecule has 1 aromatic carbocycles. The monoisotopic (exact) mass is 331 g/mol. The van der Waals surface area contributed by atoms with E-state index in [2.05, 4.69) is 0 Å². The molecule has 1 fully saturated rings. The van der Waals surface area contributed by atoms with Gasteiger partial charge in [-0.05, 0) is 37.1 Å². The third kappa shape index (κ3) is 3.96. The summed E-state index contributed by atoms with van der Waals surface area (Å²) in [5.41, 5.74) is 0. The van der Waals surface area contributed by atoms with Crippen molar-refractivity contribution < 1.29 is 18.3 Å². The summed E-state index contributed by atoms with van der Waals surface area (Å²) in [6, 6.07) is 5.57. The molecule has 1 N–H and O–H groups in total. The normalized spacial score (nSPS) is 17.0. The lowest BCUT2D eigenvalue weighted by Gasteiger charge is -2.32. The summed E-state index contributed by atoms with van der Waals surface area (Å²) in [7, 11) is -3.82. The predicted molar refractivity (Wildman–Crippen MR) is 79.9 cm³/mol. The fraction of sp³-hybridized carbons (Fsp3) is 0.500. The molecule has 0 aliphatic heterocycles. The molecule has 1 aliphatic rings. The minimum Gasteiger partial charge on any atom is -0.480 e. The van der Waals surface area contributed by atoms with Crippen LogP contribution in [0.2, 0.25) is 5.02 Å². The van der Waals surface area contributed by atoms with Crippen LogP contribution < -0.4 is 0 Å². The van der Waals surface area contributed by atoms with Crippen molar-refractivity contribution in [2.45, 2.75) is 43.0 Å². The number of nitrogens with zero attached hydrogens (tertiary/aromatic N) is 1. The first-order valence-corrected chi connectivity index (χ1v) is 8.72. The summed E-state index contributed by atoms with van der Waals surface area (Å²) in [6.45, 7) is -0.504. The number of aliphatic carboxylic acids is 1. The van der Waals surface area contributed by atoms with Crippen molar-refractivity contribution in [2.75, 3.05) is 6.54 Å². The number of benzene rings is 1. The smallest absolute Gasteiger partial charge is 0.318 e. The molecule has 0 atom stereocenters. The van der Waals surface area contributed by atoms with E-state index < -0.39 is 22.5 Å². The number of carboxylic acid groups (broad SMARTS) is 1. The Morgan fingerprint density at radius 3 is 2.29 bits per heavy atom. The van der Waals surface area contributed by atoms with Crippen LogP contribution >= 0.6 is 11.6 Å². The zero-order valence-corrected chi connectivity index (χ0v) is 13.1. The molecule has 21 heavy (non-hydrogen) atoms. The second-order valence-corrected chi connectivity index (χ2v) is 7.52. The molecule has 0 bridgehead atoms. The second-order valence-electron chi connectivity index (χ2n) is 5.19. The highest BCUT2D eigenvalue weighted by Crippen LogP contribution is 2.28. The zero-order valence-electron chi connectivity index (χ0n) is 11.5. The molecule has 5 nitrogen and oxygen atoms in total. The van der Waals surface area contributed by atoms with Crippen molar-refractivity contribution in [3.63, 3.8) is 0 Å². The molecule has 1 aromatic rings. The summed E-state index contributed by atoms with van der Waals surface area (Å²) in [4.78, 5) is 11.1. The van der Waals surface area contributed by atoms with Gasteiger partial charge >= 0.3 is 5.97 Å². The van der Waals surface area contributed by atoms with Crippen LogP contribution in [0.15, 0.2) is 29.2 Å². The van der Waals surface area contributed by atoms with E-state index >= 15 is 0 Å². The Morgan fingerprint density at radius 2 is 1.76 bits per heavy atom. The third-order valence-electron chi connectivity index (χ3n) is 3.69. The third-order valence-corrected chi connectivity index (χ3v) is 5.86. The minimum absolute atomic E-state index is 0.0822. The van der Waals surface area contributed by atoms with Gasteiger partial charge in [-0.25, -0.2) is 8.42 Å². The van der Waals surface area contributed by atoms with E-state index in [9.17, 15) is 13.2 Å². The van der Waals surface area contributed by atoms with Gasteiger partial charge in [0.25, 0.3) is 0 Å². The Hall–Kier alpha value is -1.11. The zero-order chi connectivity index (χ0) is 15.5. The largest absolute Gasteiger partial charge is 0.480 e. The van der Waals surface area contributed by atoms with Gasteiger partial charge in [-0.3, -0.25) is 4.79 Å². The quantitative estimate of drug-likeness (QED) is 0.900. The average Bonchev–Trinajstić information content (AvgIpc) is 2.46. The van der Waals surface area contributed by atoms with Gasteiger partial charge in [0.2, 0.25) is 10.0 Å². The summed E-state index contributed by atoms with van der Waals surface area (Å²) in [5, 5.41) is 9.48. The van der Waals surface area contributed by atoms with E-state index in [1.807, 2.05) is 0 Å². The highest BCUT2D eigenvalue weighted by atomic mass is 35.5. The molecule has 7 heteroatoms. The number of sulfonamides is 1. The lowest BCUT2D eigenvalue weighted by atomic mass is 9.95. The number of hydrogen-bond donors (Lipinski definition) is 1. The van der Waals surface area contributed by atoms with Crippen molar-refractivity contribution in [1.29, 1.82) is 0 Å². The Kier molecular flexibility index (Phi) is 5.24. The van der Waals surface area contributed by atoms with Gasteiger partial charge in [0.05, 0.1) is 4.90 Å². The minimum atomic E-state index is -3.82. The highest BCUT2D eigenvalue weighted by molar-refractivity contribution is 7.89.